The summed E-state index contributed by atoms with van der Waals surface area (Å²) in [6.07, 6.45) is 4.71. The van der Waals surface area contributed by atoms with Crippen LogP contribution in [-0.2, 0) is 6.42 Å². The first-order chi connectivity index (χ1) is 13.3. The summed E-state index contributed by atoms with van der Waals surface area (Å²) in [6, 6.07) is 21.1. The highest BCUT2D eigenvalue weighted by Gasteiger charge is 2.06. The Labute approximate surface area is 157 Å². The summed E-state index contributed by atoms with van der Waals surface area (Å²) in [6.45, 7) is 0.805. The molecule has 0 fully saturated rings. The van der Waals surface area contributed by atoms with Gasteiger partial charge in [-0.25, -0.2) is 4.98 Å². The molecule has 2 aromatic carbocycles. The van der Waals surface area contributed by atoms with Crippen LogP contribution in [0.5, 0.6) is 0 Å². The number of para-hydroxylation sites is 1. The number of benzene rings is 2. The summed E-state index contributed by atoms with van der Waals surface area (Å²) < 4.78 is 0. The molecule has 2 heterocycles. The molecule has 0 saturated carbocycles. The van der Waals surface area contributed by atoms with E-state index in [0.29, 0.717) is 11.4 Å². The van der Waals surface area contributed by atoms with Crippen LogP contribution in [0, 0.1) is 0 Å². The Hall–Kier alpha value is -3.60. The lowest BCUT2D eigenvalue weighted by Crippen LogP contribution is -2.13. The fraction of sp³-hybridized carbons (Fsp3) is 0.0909. The largest absolute Gasteiger partial charge is 0.383 e. The Morgan fingerprint density at radius 3 is 2.59 bits per heavy atom. The molecule has 2 aromatic heterocycles. The Balaban J connectivity index is 1.32. The number of nitrogens with one attached hydrogen (secondary N) is 3. The molecule has 0 bridgehead atoms. The summed E-state index contributed by atoms with van der Waals surface area (Å²) in [5, 5.41) is 7.43. The molecule has 0 radical (unpaired) electrons. The van der Waals surface area contributed by atoms with E-state index < -0.39 is 0 Å². The number of fused-ring (bicyclic) bond motifs is 1. The van der Waals surface area contributed by atoms with Gasteiger partial charge in [0.2, 0.25) is 0 Å². The van der Waals surface area contributed by atoms with Crippen molar-refractivity contribution < 1.29 is 4.79 Å². The summed E-state index contributed by atoms with van der Waals surface area (Å²) in [7, 11) is 0. The number of pyridine rings is 1. The number of carbonyl (C=O) groups excluding carboxylic acids is 1. The fourth-order valence-electron chi connectivity index (χ4n) is 3.03. The van der Waals surface area contributed by atoms with Crippen molar-refractivity contribution in [2.45, 2.75) is 6.42 Å². The zero-order valence-corrected chi connectivity index (χ0v) is 14.8. The van der Waals surface area contributed by atoms with Crippen molar-refractivity contribution in [1.82, 2.24) is 9.97 Å². The predicted octanol–water partition coefficient (Wildman–Crippen LogP) is 4.47. The minimum absolute atomic E-state index is 0.164. The number of carbonyl (C=O) groups is 1. The lowest BCUT2D eigenvalue weighted by atomic mass is 10.1. The van der Waals surface area contributed by atoms with Crippen LogP contribution in [0.4, 0.5) is 11.5 Å². The SMILES string of the molecule is O=C(Nc1ccc(NCCc2c[nH]c3ccccc23)cn1)c1ccccc1. The van der Waals surface area contributed by atoms with Crippen molar-refractivity contribution >= 4 is 28.3 Å². The number of rotatable bonds is 6. The Morgan fingerprint density at radius 1 is 0.963 bits per heavy atom. The standard InChI is InChI=1S/C22H20N4O/c27-22(16-6-2-1-3-7-16)26-21-11-10-18(15-25-21)23-13-12-17-14-24-20-9-5-4-8-19(17)20/h1-11,14-15,23-24H,12-13H2,(H,25,26,27). The average molecular weight is 356 g/mol. The number of hydrogen-bond donors (Lipinski definition) is 3. The predicted molar refractivity (Wildman–Crippen MR) is 109 cm³/mol. The third kappa shape index (κ3) is 3.98. The zero-order valence-electron chi connectivity index (χ0n) is 14.8. The van der Waals surface area contributed by atoms with Crippen molar-refractivity contribution in [3.63, 3.8) is 0 Å². The molecule has 0 aliphatic heterocycles. The summed E-state index contributed by atoms with van der Waals surface area (Å²) in [5.41, 5.74) is 3.98. The number of nitrogens with zero attached hydrogens (tertiary/aromatic N) is 1. The lowest BCUT2D eigenvalue weighted by molar-refractivity contribution is 0.102. The highest BCUT2D eigenvalue weighted by Crippen LogP contribution is 2.18. The second kappa shape index (κ2) is 7.74. The van der Waals surface area contributed by atoms with Crippen molar-refractivity contribution in [2.75, 3.05) is 17.2 Å². The maximum absolute atomic E-state index is 12.1. The third-order valence-corrected chi connectivity index (χ3v) is 4.44. The Morgan fingerprint density at radius 2 is 1.78 bits per heavy atom. The van der Waals surface area contributed by atoms with Gasteiger partial charge in [-0.3, -0.25) is 4.79 Å². The van der Waals surface area contributed by atoms with Crippen LogP contribution in [0.3, 0.4) is 0 Å². The maximum Gasteiger partial charge on any atom is 0.256 e. The van der Waals surface area contributed by atoms with Gasteiger partial charge in [-0.05, 0) is 42.3 Å². The first-order valence-corrected chi connectivity index (χ1v) is 8.91. The molecule has 4 aromatic rings. The fourth-order valence-corrected chi connectivity index (χ4v) is 3.03. The molecule has 5 nitrogen and oxygen atoms in total. The molecular formula is C22H20N4O. The molecule has 0 atom stereocenters. The molecule has 1 amide bonds. The monoisotopic (exact) mass is 356 g/mol. The minimum Gasteiger partial charge on any atom is -0.383 e. The van der Waals surface area contributed by atoms with Crippen molar-refractivity contribution in [2.24, 2.45) is 0 Å². The van der Waals surface area contributed by atoms with Crippen molar-refractivity contribution in [1.29, 1.82) is 0 Å². The third-order valence-electron chi connectivity index (χ3n) is 4.44. The Kier molecular flexibility index (Phi) is 4.83. The van der Waals surface area contributed by atoms with E-state index in [2.05, 4.69) is 45.0 Å². The summed E-state index contributed by atoms with van der Waals surface area (Å²) in [4.78, 5) is 19.7. The molecule has 5 heteroatoms. The van der Waals surface area contributed by atoms with Crippen molar-refractivity contribution in [3.05, 3.63) is 90.3 Å². The van der Waals surface area contributed by atoms with Gasteiger partial charge in [-0.2, -0.15) is 0 Å². The molecule has 3 N–H and O–H groups in total. The molecule has 0 saturated heterocycles. The van der Waals surface area contributed by atoms with Crippen LogP contribution in [0.25, 0.3) is 10.9 Å². The first-order valence-electron chi connectivity index (χ1n) is 8.91. The Bertz CT molecular complexity index is 1040. The minimum atomic E-state index is -0.164. The van der Waals surface area contributed by atoms with Crippen LogP contribution in [-0.4, -0.2) is 22.4 Å². The molecule has 0 spiro atoms. The lowest BCUT2D eigenvalue weighted by Gasteiger charge is -2.08. The topological polar surface area (TPSA) is 69.8 Å². The van der Waals surface area contributed by atoms with Gasteiger partial charge in [-0.15, -0.1) is 0 Å². The summed E-state index contributed by atoms with van der Waals surface area (Å²) >= 11 is 0. The van der Waals surface area contributed by atoms with Crippen molar-refractivity contribution in [3.8, 4) is 0 Å². The van der Waals surface area contributed by atoms with Gasteiger partial charge in [0.05, 0.1) is 11.9 Å². The average Bonchev–Trinajstić information content (AvgIpc) is 3.13. The van der Waals surface area contributed by atoms with Crippen LogP contribution in [0.1, 0.15) is 15.9 Å². The van der Waals surface area contributed by atoms with Gasteiger partial charge < -0.3 is 15.6 Å². The van der Waals surface area contributed by atoms with E-state index in [1.54, 1.807) is 24.4 Å². The molecule has 27 heavy (non-hydrogen) atoms. The summed E-state index contributed by atoms with van der Waals surface area (Å²) in [5.74, 6) is 0.370. The van der Waals surface area contributed by atoms with E-state index in [1.807, 2.05) is 30.3 Å². The van der Waals surface area contributed by atoms with Gasteiger partial charge in [0, 0.05) is 29.2 Å². The van der Waals surface area contributed by atoms with Gasteiger partial charge in [0.1, 0.15) is 5.82 Å². The molecule has 0 aliphatic rings. The normalized spacial score (nSPS) is 10.7. The molecule has 134 valence electrons. The molecule has 0 unspecified atom stereocenters. The molecular weight excluding hydrogens is 336 g/mol. The highest BCUT2D eigenvalue weighted by molar-refractivity contribution is 6.03. The quantitative estimate of drug-likeness (QED) is 0.477. The highest BCUT2D eigenvalue weighted by atomic mass is 16.1. The van der Waals surface area contributed by atoms with Gasteiger partial charge in [0.25, 0.3) is 5.91 Å². The number of H-pyrrole nitrogens is 1. The van der Waals surface area contributed by atoms with Gasteiger partial charge in [-0.1, -0.05) is 36.4 Å². The van der Waals surface area contributed by atoms with E-state index >= 15 is 0 Å². The van der Waals surface area contributed by atoms with E-state index in [0.717, 1.165) is 24.2 Å². The van der Waals surface area contributed by atoms with Crippen LogP contribution >= 0.6 is 0 Å². The molecule has 0 aliphatic carbocycles. The number of aromatic nitrogens is 2. The van der Waals surface area contributed by atoms with Gasteiger partial charge >= 0.3 is 0 Å². The van der Waals surface area contributed by atoms with Gasteiger partial charge in [0.15, 0.2) is 0 Å². The van der Waals surface area contributed by atoms with E-state index in [1.165, 1.54) is 10.9 Å². The van der Waals surface area contributed by atoms with Crippen LogP contribution < -0.4 is 10.6 Å². The second-order valence-electron chi connectivity index (χ2n) is 6.29. The van der Waals surface area contributed by atoms with E-state index in [4.69, 9.17) is 0 Å². The smallest absolute Gasteiger partial charge is 0.256 e. The second-order valence-corrected chi connectivity index (χ2v) is 6.29. The van der Waals surface area contributed by atoms with E-state index in [9.17, 15) is 4.79 Å². The first kappa shape index (κ1) is 16.8. The van der Waals surface area contributed by atoms with Crippen LogP contribution in [0.15, 0.2) is 79.1 Å². The number of aromatic amines is 1. The van der Waals surface area contributed by atoms with Crippen LogP contribution in [0.2, 0.25) is 0 Å². The number of hydrogen-bond acceptors (Lipinski definition) is 3. The number of amides is 1. The zero-order chi connectivity index (χ0) is 18.5. The van der Waals surface area contributed by atoms with E-state index in [-0.39, 0.29) is 5.91 Å². The molecule has 4 rings (SSSR count). The maximum atomic E-state index is 12.1. The number of anilines is 2.